The Balaban J connectivity index is 2.27. The van der Waals surface area contributed by atoms with Gasteiger partial charge < -0.3 is 5.32 Å². The Morgan fingerprint density at radius 2 is 1.95 bits per heavy atom. The second kappa shape index (κ2) is 5.44. The van der Waals surface area contributed by atoms with Crippen LogP contribution in [-0.2, 0) is 0 Å². The number of anilines is 1. The summed E-state index contributed by atoms with van der Waals surface area (Å²) in [5.74, 6) is -0.459. The van der Waals surface area contributed by atoms with Crippen LogP contribution in [0.5, 0.6) is 0 Å². The van der Waals surface area contributed by atoms with Crippen LogP contribution in [0.4, 0.5) is 5.69 Å². The number of hydrogen-bond acceptors (Lipinski definition) is 4. The van der Waals surface area contributed by atoms with Crippen LogP contribution in [0, 0.1) is 22.7 Å². The fraction of sp³-hybridized carbons (Fsp3) is 0. The van der Waals surface area contributed by atoms with Crippen LogP contribution in [0.3, 0.4) is 0 Å². The Hall–Kier alpha value is -3.18. The lowest BCUT2D eigenvalue weighted by Crippen LogP contribution is -2.14. The third-order valence-corrected chi connectivity index (χ3v) is 2.42. The minimum atomic E-state index is -0.459. The number of amides is 1. The molecule has 5 nitrogen and oxygen atoms in total. The van der Waals surface area contributed by atoms with Crippen molar-refractivity contribution >= 4 is 11.6 Å². The number of nitrogens with zero attached hydrogens (tertiary/aromatic N) is 3. The van der Waals surface area contributed by atoms with E-state index >= 15 is 0 Å². The molecule has 19 heavy (non-hydrogen) atoms. The third-order valence-electron chi connectivity index (χ3n) is 2.42. The van der Waals surface area contributed by atoms with E-state index in [9.17, 15) is 4.79 Å². The molecule has 0 fully saturated rings. The minimum Gasteiger partial charge on any atom is -0.319 e. The van der Waals surface area contributed by atoms with Crippen molar-refractivity contribution in [2.45, 2.75) is 0 Å². The van der Waals surface area contributed by atoms with Gasteiger partial charge >= 0.3 is 0 Å². The second-order valence-corrected chi connectivity index (χ2v) is 3.65. The van der Waals surface area contributed by atoms with Gasteiger partial charge in [-0.05, 0) is 24.3 Å². The average molecular weight is 248 g/mol. The molecule has 0 bridgehead atoms. The van der Waals surface area contributed by atoms with Gasteiger partial charge in [-0.25, -0.2) is 0 Å². The van der Waals surface area contributed by atoms with Crippen LogP contribution in [0.25, 0.3) is 0 Å². The first kappa shape index (κ1) is 12.3. The van der Waals surface area contributed by atoms with Crippen molar-refractivity contribution in [2.24, 2.45) is 0 Å². The first-order valence-electron chi connectivity index (χ1n) is 5.41. The van der Waals surface area contributed by atoms with Gasteiger partial charge in [-0.1, -0.05) is 12.1 Å². The molecule has 1 N–H and O–H groups in total. The quantitative estimate of drug-likeness (QED) is 0.880. The average Bonchev–Trinajstić information content (AvgIpc) is 2.47. The molecule has 2 rings (SSSR count). The lowest BCUT2D eigenvalue weighted by molar-refractivity contribution is 0.102. The lowest BCUT2D eigenvalue weighted by Gasteiger charge is -2.06. The number of rotatable bonds is 2. The number of benzene rings is 1. The number of hydrogen-bond donors (Lipinski definition) is 1. The molecule has 0 saturated carbocycles. The molecular weight excluding hydrogens is 240 g/mol. The number of carbonyl (C=O) groups is 1. The first-order valence-corrected chi connectivity index (χ1v) is 5.41. The van der Waals surface area contributed by atoms with Crippen molar-refractivity contribution in [3.63, 3.8) is 0 Å². The van der Waals surface area contributed by atoms with E-state index in [-0.39, 0.29) is 5.69 Å². The molecule has 1 amide bonds. The van der Waals surface area contributed by atoms with Crippen LogP contribution in [0.15, 0.2) is 42.6 Å². The predicted octanol–water partition coefficient (Wildman–Crippen LogP) is 2.08. The monoisotopic (exact) mass is 248 g/mol. The standard InChI is InChI=1S/C14H8N4O/c15-8-10-5-6-17-13(7-10)14(19)18-12-4-2-1-3-11(12)9-16/h1-7H,(H,18,19). The van der Waals surface area contributed by atoms with E-state index in [0.717, 1.165) is 0 Å². The van der Waals surface area contributed by atoms with E-state index < -0.39 is 5.91 Å². The Morgan fingerprint density at radius 1 is 1.16 bits per heavy atom. The molecule has 1 aromatic heterocycles. The number of nitriles is 2. The molecule has 0 aliphatic carbocycles. The summed E-state index contributed by atoms with van der Waals surface area (Å²) >= 11 is 0. The zero-order valence-corrected chi connectivity index (χ0v) is 9.79. The van der Waals surface area contributed by atoms with Gasteiger partial charge in [0.2, 0.25) is 0 Å². The van der Waals surface area contributed by atoms with E-state index in [4.69, 9.17) is 10.5 Å². The first-order chi connectivity index (χ1) is 9.24. The van der Waals surface area contributed by atoms with Gasteiger partial charge in [0.15, 0.2) is 0 Å². The SMILES string of the molecule is N#Cc1ccnc(C(=O)Nc2ccccc2C#N)c1. The summed E-state index contributed by atoms with van der Waals surface area (Å²) in [5, 5.41) is 20.3. The maximum absolute atomic E-state index is 12.0. The Bertz CT molecular complexity index is 710. The van der Waals surface area contributed by atoms with Gasteiger partial charge in [-0.3, -0.25) is 9.78 Å². The van der Waals surface area contributed by atoms with E-state index in [1.54, 1.807) is 24.3 Å². The molecule has 5 heteroatoms. The normalized spacial score (nSPS) is 9.16. The number of carbonyl (C=O) groups excluding carboxylic acids is 1. The third kappa shape index (κ3) is 2.74. The Morgan fingerprint density at radius 3 is 2.68 bits per heavy atom. The van der Waals surface area contributed by atoms with Crippen molar-refractivity contribution < 1.29 is 4.79 Å². The van der Waals surface area contributed by atoms with Gasteiger partial charge in [-0.15, -0.1) is 0 Å². The lowest BCUT2D eigenvalue weighted by atomic mass is 10.2. The predicted molar refractivity (Wildman–Crippen MR) is 68.1 cm³/mol. The van der Waals surface area contributed by atoms with Crippen LogP contribution >= 0.6 is 0 Å². The topological polar surface area (TPSA) is 89.6 Å². The molecule has 0 unspecified atom stereocenters. The van der Waals surface area contributed by atoms with E-state index in [0.29, 0.717) is 16.8 Å². The molecule has 0 atom stereocenters. The van der Waals surface area contributed by atoms with Crippen LogP contribution in [-0.4, -0.2) is 10.9 Å². The molecule has 1 aromatic carbocycles. The smallest absolute Gasteiger partial charge is 0.274 e. The number of para-hydroxylation sites is 1. The number of pyridine rings is 1. The summed E-state index contributed by atoms with van der Waals surface area (Å²) < 4.78 is 0. The van der Waals surface area contributed by atoms with Gasteiger partial charge in [-0.2, -0.15) is 10.5 Å². The fourth-order valence-electron chi connectivity index (χ4n) is 1.50. The van der Waals surface area contributed by atoms with E-state index in [2.05, 4.69) is 10.3 Å². The van der Waals surface area contributed by atoms with E-state index in [1.807, 2.05) is 12.1 Å². The molecule has 0 spiro atoms. The number of nitrogens with one attached hydrogen (secondary N) is 1. The highest BCUT2D eigenvalue weighted by molar-refractivity contribution is 6.03. The van der Waals surface area contributed by atoms with Gasteiger partial charge in [0.1, 0.15) is 11.8 Å². The number of aromatic nitrogens is 1. The van der Waals surface area contributed by atoms with Gasteiger partial charge in [0, 0.05) is 6.20 Å². The van der Waals surface area contributed by atoms with Gasteiger partial charge in [0.25, 0.3) is 5.91 Å². The fourth-order valence-corrected chi connectivity index (χ4v) is 1.50. The summed E-state index contributed by atoms with van der Waals surface area (Å²) in [5.41, 5.74) is 1.27. The minimum absolute atomic E-state index is 0.131. The summed E-state index contributed by atoms with van der Waals surface area (Å²) in [4.78, 5) is 15.9. The maximum atomic E-state index is 12.0. The van der Waals surface area contributed by atoms with E-state index in [1.165, 1.54) is 18.3 Å². The molecule has 0 aliphatic heterocycles. The highest BCUT2D eigenvalue weighted by Crippen LogP contribution is 2.14. The molecular formula is C14H8N4O. The largest absolute Gasteiger partial charge is 0.319 e. The zero-order valence-electron chi connectivity index (χ0n) is 9.79. The highest BCUT2D eigenvalue weighted by Gasteiger charge is 2.10. The van der Waals surface area contributed by atoms with Crippen molar-refractivity contribution in [3.05, 3.63) is 59.4 Å². The van der Waals surface area contributed by atoms with Crippen LogP contribution in [0.2, 0.25) is 0 Å². The van der Waals surface area contributed by atoms with Crippen molar-refractivity contribution in [2.75, 3.05) is 5.32 Å². The van der Waals surface area contributed by atoms with Gasteiger partial charge in [0.05, 0.1) is 22.9 Å². The molecule has 90 valence electrons. The van der Waals surface area contributed by atoms with Crippen molar-refractivity contribution in [3.8, 4) is 12.1 Å². The summed E-state index contributed by atoms with van der Waals surface area (Å²) in [6.07, 6.45) is 1.39. The Labute approximate surface area is 109 Å². The summed E-state index contributed by atoms with van der Waals surface area (Å²) in [7, 11) is 0. The zero-order chi connectivity index (χ0) is 13.7. The Kier molecular flexibility index (Phi) is 3.51. The van der Waals surface area contributed by atoms with Crippen molar-refractivity contribution in [1.29, 1.82) is 10.5 Å². The molecule has 1 heterocycles. The second-order valence-electron chi connectivity index (χ2n) is 3.65. The molecule has 0 radical (unpaired) electrons. The highest BCUT2D eigenvalue weighted by atomic mass is 16.1. The summed E-state index contributed by atoms with van der Waals surface area (Å²) in [6, 6.07) is 13.5. The van der Waals surface area contributed by atoms with Crippen LogP contribution < -0.4 is 5.32 Å². The summed E-state index contributed by atoms with van der Waals surface area (Å²) in [6.45, 7) is 0. The molecule has 2 aromatic rings. The van der Waals surface area contributed by atoms with Crippen LogP contribution in [0.1, 0.15) is 21.6 Å². The maximum Gasteiger partial charge on any atom is 0.274 e. The van der Waals surface area contributed by atoms with Crippen molar-refractivity contribution in [1.82, 2.24) is 4.98 Å². The molecule has 0 aliphatic rings. The molecule has 0 saturated heterocycles.